The summed E-state index contributed by atoms with van der Waals surface area (Å²) in [5.41, 5.74) is 7.74. The SMILES string of the molecule is Nc1c(NCc2ccccc2)ncnc1Nc1ccc(Br)cn1. The van der Waals surface area contributed by atoms with Gasteiger partial charge in [-0.05, 0) is 33.6 Å². The topological polar surface area (TPSA) is 88.8 Å². The summed E-state index contributed by atoms with van der Waals surface area (Å²) < 4.78 is 0.906. The molecule has 0 unspecified atom stereocenters. The zero-order chi connectivity index (χ0) is 16.1. The molecule has 6 nitrogen and oxygen atoms in total. The van der Waals surface area contributed by atoms with E-state index in [1.54, 1.807) is 6.20 Å². The van der Waals surface area contributed by atoms with E-state index in [0.29, 0.717) is 29.7 Å². The molecule has 0 aliphatic carbocycles. The number of nitrogen functional groups attached to an aromatic ring is 1. The second kappa shape index (κ2) is 7.06. The van der Waals surface area contributed by atoms with Crippen molar-refractivity contribution in [3.63, 3.8) is 0 Å². The molecule has 23 heavy (non-hydrogen) atoms. The lowest BCUT2D eigenvalue weighted by Gasteiger charge is -2.12. The number of benzene rings is 1. The molecule has 2 aromatic heterocycles. The lowest BCUT2D eigenvalue weighted by molar-refractivity contribution is 1.08. The van der Waals surface area contributed by atoms with Crippen molar-refractivity contribution in [1.82, 2.24) is 15.0 Å². The molecule has 3 aromatic rings. The van der Waals surface area contributed by atoms with Crippen molar-refractivity contribution in [3.05, 3.63) is 65.0 Å². The normalized spacial score (nSPS) is 10.3. The number of hydrogen-bond acceptors (Lipinski definition) is 6. The molecule has 0 amide bonds. The highest BCUT2D eigenvalue weighted by atomic mass is 79.9. The lowest BCUT2D eigenvalue weighted by Crippen LogP contribution is -2.08. The van der Waals surface area contributed by atoms with E-state index in [4.69, 9.17) is 5.73 Å². The van der Waals surface area contributed by atoms with Gasteiger partial charge in [-0.25, -0.2) is 15.0 Å². The lowest BCUT2D eigenvalue weighted by atomic mass is 10.2. The molecule has 0 atom stereocenters. The van der Waals surface area contributed by atoms with E-state index in [1.807, 2.05) is 42.5 Å². The first-order valence-corrected chi connectivity index (χ1v) is 7.78. The molecular weight excluding hydrogens is 356 g/mol. The Morgan fingerprint density at radius 2 is 1.74 bits per heavy atom. The van der Waals surface area contributed by atoms with Crippen LogP contribution < -0.4 is 16.4 Å². The minimum atomic E-state index is 0.452. The second-order valence-corrected chi connectivity index (χ2v) is 5.73. The molecule has 0 saturated carbocycles. The van der Waals surface area contributed by atoms with Crippen molar-refractivity contribution in [1.29, 1.82) is 0 Å². The zero-order valence-corrected chi connectivity index (χ0v) is 13.8. The molecular formula is C16H15BrN6. The van der Waals surface area contributed by atoms with E-state index < -0.39 is 0 Å². The summed E-state index contributed by atoms with van der Waals surface area (Å²) in [5.74, 6) is 1.77. The van der Waals surface area contributed by atoms with Crippen LogP contribution in [0.3, 0.4) is 0 Å². The van der Waals surface area contributed by atoms with Crippen LogP contribution in [-0.4, -0.2) is 15.0 Å². The second-order valence-electron chi connectivity index (χ2n) is 4.81. The third-order valence-corrected chi connectivity index (χ3v) is 3.63. The van der Waals surface area contributed by atoms with Crippen LogP contribution in [0.15, 0.2) is 59.5 Å². The number of nitrogens with zero attached hydrogens (tertiary/aromatic N) is 3. The first kappa shape index (κ1) is 15.2. The van der Waals surface area contributed by atoms with Gasteiger partial charge in [-0.15, -0.1) is 0 Å². The predicted molar refractivity (Wildman–Crippen MR) is 95.4 cm³/mol. The highest BCUT2D eigenvalue weighted by molar-refractivity contribution is 9.10. The van der Waals surface area contributed by atoms with Gasteiger partial charge in [-0.1, -0.05) is 30.3 Å². The fraction of sp³-hybridized carbons (Fsp3) is 0.0625. The Labute approximate surface area is 142 Å². The van der Waals surface area contributed by atoms with Crippen molar-refractivity contribution >= 4 is 39.1 Å². The number of aromatic nitrogens is 3. The van der Waals surface area contributed by atoms with E-state index in [0.717, 1.165) is 10.0 Å². The molecule has 0 radical (unpaired) electrons. The van der Waals surface area contributed by atoms with Gasteiger partial charge in [0.2, 0.25) is 0 Å². The van der Waals surface area contributed by atoms with Crippen LogP contribution in [0, 0.1) is 0 Å². The van der Waals surface area contributed by atoms with Crippen LogP contribution >= 0.6 is 15.9 Å². The van der Waals surface area contributed by atoms with Gasteiger partial charge in [0.05, 0.1) is 0 Å². The molecule has 1 aromatic carbocycles. The third kappa shape index (κ3) is 3.95. The van der Waals surface area contributed by atoms with Gasteiger partial charge in [0.15, 0.2) is 11.6 Å². The van der Waals surface area contributed by atoms with Crippen LogP contribution in [0.2, 0.25) is 0 Å². The maximum Gasteiger partial charge on any atom is 0.160 e. The summed E-state index contributed by atoms with van der Waals surface area (Å²) in [6.45, 7) is 0.637. The Hall–Kier alpha value is -2.67. The molecule has 4 N–H and O–H groups in total. The smallest absolute Gasteiger partial charge is 0.160 e. The van der Waals surface area contributed by atoms with Crippen molar-refractivity contribution in [2.75, 3.05) is 16.4 Å². The van der Waals surface area contributed by atoms with Crippen molar-refractivity contribution in [3.8, 4) is 0 Å². The molecule has 0 bridgehead atoms. The molecule has 3 rings (SSSR count). The fourth-order valence-electron chi connectivity index (χ4n) is 1.99. The highest BCUT2D eigenvalue weighted by Gasteiger charge is 2.08. The Morgan fingerprint density at radius 3 is 2.48 bits per heavy atom. The Kier molecular flexibility index (Phi) is 4.68. The molecule has 116 valence electrons. The van der Waals surface area contributed by atoms with Crippen LogP contribution in [0.25, 0.3) is 0 Å². The van der Waals surface area contributed by atoms with Gasteiger partial charge < -0.3 is 16.4 Å². The molecule has 7 heteroatoms. The molecule has 0 saturated heterocycles. The first-order chi connectivity index (χ1) is 11.2. The molecule has 0 fully saturated rings. The van der Waals surface area contributed by atoms with Gasteiger partial charge in [-0.3, -0.25) is 0 Å². The Bertz CT molecular complexity index is 776. The van der Waals surface area contributed by atoms with Gasteiger partial charge >= 0.3 is 0 Å². The van der Waals surface area contributed by atoms with Crippen LogP contribution in [0.5, 0.6) is 0 Å². The van der Waals surface area contributed by atoms with Crippen molar-refractivity contribution in [2.24, 2.45) is 0 Å². The van der Waals surface area contributed by atoms with E-state index in [-0.39, 0.29) is 0 Å². The summed E-state index contributed by atoms with van der Waals surface area (Å²) in [6.07, 6.45) is 3.17. The van der Waals surface area contributed by atoms with Gasteiger partial charge in [0.25, 0.3) is 0 Å². The largest absolute Gasteiger partial charge is 0.393 e. The number of halogens is 1. The maximum atomic E-state index is 6.14. The minimum Gasteiger partial charge on any atom is -0.393 e. The summed E-state index contributed by atoms with van der Waals surface area (Å²) >= 11 is 3.35. The Morgan fingerprint density at radius 1 is 0.957 bits per heavy atom. The van der Waals surface area contributed by atoms with Gasteiger partial charge in [-0.2, -0.15) is 0 Å². The third-order valence-electron chi connectivity index (χ3n) is 3.16. The van der Waals surface area contributed by atoms with E-state index in [2.05, 4.69) is 41.5 Å². The number of rotatable bonds is 5. The average Bonchev–Trinajstić information content (AvgIpc) is 2.58. The standard InChI is InChI=1S/C16H15BrN6/c17-12-6-7-13(19-9-12)23-16-14(18)15(21-10-22-16)20-8-11-4-2-1-3-5-11/h1-7,9-10H,8,18H2,(H2,19,20,21,22,23). The summed E-state index contributed by atoms with van der Waals surface area (Å²) in [5, 5.41) is 6.31. The summed E-state index contributed by atoms with van der Waals surface area (Å²) in [7, 11) is 0. The predicted octanol–water partition coefficient (Wildman–Crippen LogP) is 3.57. The quantitative estimate of drug-likeness (QED) is 0.636. The monoisotopic (exact) mass is 370 g/mol. The number of pyridine rings is 1. The van der Waals surface area contributed by atoms with Gasteiger partial charge in [0.1, 0.15) is 17.8 Å². The summed E-state index contributed by atoms with van der Waals surface area (Å²) in [4.78, 5) is 12.6. The van der Waals surface area contributed by atoms with Crippen molar-refractivity contribution in [2.45, 2.75) is 6.54 Å². The molecule has 0 aliphatic rings. The summed E-state index contributed by atoms with van der Waals surface area (Å²) in [6, 6.07) is 13.8. The number of nitrogens with two attached hydrogens (primary N) is 1. The van der Waals surface area contributed by atoms with E-state index in [9.17, 15) is 0 Å². The molecule has 2 heterocycles. The average molecular weight is 371 g/mol. The number of anilines is 4. The first-order valence-electron chi connectivity index (χ1n) is 6.99. The maximum absolute atomic E-state index is 6.14. The van der Waals surface area contributed by atoms with E-state index in [1.165, 1.54) is 6.33 Å². The van der Waals surface area contributed by atoms with Gasteiger partial charge in [0, 0.05) is 17.2 Å². The molecule has 0 aliphatic heterocycles. The Balaban J connectivity index is 1.74. The zero-order valence-electron chi connectivity index (χ0n) is 12.2. The van der Waals surface area contributed by atoms with Crippen LogP contribution in [0.4, 0.5) is 23.1 Å². The highest BCUT2D eigenvalue weighted by Crippen LogP contribution is 2.25. The van der Waals surface area contributed by atoms with E-state index >= 15 is 0 Å². The molecule has 0 spiro atoms. The van der Waals surface area contributed by atoms with Crippen LogP contribution in [-0.2, 0) is 6.54 Å². The number of hydrogen-bond donors (Lipinski definition) is 3. The van der Waals surface area contributed by atoms with Crippen molar-refractivity contribution < 1.29 is 0 Å². The minimum absolute atomic E-state index is 0.452. The number of nitrogens with one attached hydrogen (secondary N) is 2. The van der Waals surface area contributed by atoms with Crippen LogP contribution in [0.1, 0.15) is 5.56 Å². The fourth-order valence-corrected chi connectivity index (χ4v) is 2.22.